The number of likely N-dealkylation sites (N-methyl/N-ethyl adjacent to an activating group) is 2. The first kappa shape index (κ1) is 15.8. The Bertz CT molecular complexity index is 407. The molecular weight excluding hydrogens is 270 g/mol. The molecule has 1 aliphatic heterocycles. The number of halogens is 1. The van der Waals surface area contributed by atoms with Crippen molar-refractivity contribution in [1.82, 2.24) is 9.80 Å². The number of hydrogen-bond donors (Lipinski definition) is 1. The molecule has 2 N–H and O–H groups in total. The van der Waals surface area contributed by atoms with E-state index in [-0.39, 0.29) is 6.04 Å². The normalized spacial score (nSPS) is 21.6. The van der Waals surface area contributed by atoms with E-state index in [2.05, 4.69) is 23.9 Å². The minimum absolute atomic E-state index is 0.0935. The summed E-state index contributed by atoms with van der Waals surface area (Å²) in [5.74, 6) is 0. The lowest BCUT2D eigenvalue weighted by Gasteiger charge is -2.26. The Morgan fingerprint density at radius 1 is 1.40 bits per heavy atom. The number of rotatable bonds is 6. The lowest BCUT2D eigenvalue weighted by molar-refractivity contribution is 0.216. The number of nitrogens with two attached hydrogens (primary N) is 1. The first-order chi connectivity index (χ1) is 9.56. The highest BCUT2D eigenvalue weighted by Crippen LogP contribution is 2.19. The number of likely N-dealkylation sites (tertiary alicyclic amines) is 1. The van der Waals surface area contributed by atoms with Gasteiger partial charge in [0.05, 0.1) is 0 Å². The Morgan fingerprint density at radius 3 is 2.70 bits per heavy atom. The fourth-order valence-corrected chi connectivity index (χ4v) is 3.02. The molecule has 0 spiro atoms. The molecule has 1 aromatic rings. The van der Waals surface area contributed by atoms with E-state index >= 15 is 0 Å². The highest BCUT2D eigenvalue weighted by Gasteiger charge is 2.22. The van der Waals surface area contributed by atoms with Gasteiger partial charge in [-0.3, -0.25) is 0 Å². The van der Waals surface area contributed by atoms with Gasteiger partial charge in [-0.2, -0.15) is 0 Å². The average Bonchev–Trinajstić information content (AvgIpc) is 2.82. The molecule has 2 rings (SSSR count). The molecule has 0 amide bonds. The summed E-state index contributed by atoms with van der Waals surface area (Å²) in [6.07, 6.45) is 3.64. The molecular formula is C16H26ClN3. The van der Waals surface area contributed by atoms with Gasteiger partial charge in [0.25, 0.3) is 0 Å². The molecule has 1 fully saturated rings. The van der Waals surface area contributed by atoms with Gasteiger partial charge in [-0.1, -0.05) is 23.7 Å². The number of benzene rings is 1. The summed E-state index contributed by atoms with van der Waals surface area (Å²) < 4.78 is 0. The van der Waals surface area contributed by atoms with Crippen molar-refractivity contribution in [3.63, 3.8) is 0 Å². The quantitative estimate of drug-likeness (QED) is 0.876. The summed E-state index contributed by atoms with van der Waals surface area (Å²) in [7, 11) is 4.42. The fraction of sp³-hybridized carbons (Fsp3) is 0.625. The van der Waals surface area contributed by atoms with Gasteiger partial charge in [-0.25, -0.2) is 0 Å². The molecule has 112 valence electrons. The van der Waals surface area contributed by atoms with E-state index in [9.17, 15) is 0 Å². The number of nitrogens with zero attached hydrogens (tertiary/aromatic N) is 2. The smallest absolute Gasteiger partial charge is 0.0406 e. The maximum atomic E-state index is 6.25. The van der Waals surface area contributed by atoms with Gasteiger partial charge in [0.15, 0.2) is 0 Å². The minimum atomic E-state index is 0.0935. The summed E-state index contributed by atoms with van der Waals surface area (Å²) >= 11 is 5.90. The third-order valence-corrected chi connectivity index (χ3v) is 4.57. The Balaban J connectivity index is 1.75. The van der Waals surface area contributed by atoms with Gasteiger partial charge in [-0.15, -0.1) is 0 Å². The molecule has 0 aliphatic carbocycles. The molecule has 1 aliphatic rings. The van der Waals surface area contributed by atoms with Crippen molar-refractivity contribution in [2.24, 2.45) is 5.73 Å². The van der Waals surface area contributed by atoms with E-state index in [0.717, 1.165) is 24.5 Å². The van der Waals surface area contributed by atoms with Crippen molar-refractivity contribution < 1.29 is 0 Å². The van der Waals surface area contributed by atoms with Crippen LogP contribution >= 0.6 is 11.6 Å². The zero-order valence-electron chi connectivity index (χ0n) is 12.6. The summed E-state index contributed by atoms with van der Waals surface area (Å²) in [6, 6.07) is 8.68. The van der Waals surface area contributed by atoms with Crippen molar-refractivity contribution in [2.75, 3.05) is 33.7 Å². The Kier molecular flexibility index (Phi) is 5.85. The molecule has 3 nitrogen and oxygen atoms in total. The van der Waals surface area contributed by atoms with E-state index < -0.39 is 0 Å². The molecule has 0 radical (unpaired) electrons. The van der Waals surface area contributed by atoms with Crippen molar-refractivity contribution in [3.8, 4) is 0 Å². The second-order valence-electron chi connectivity index (χ2n) is 5.99. The van der Waals surface area contributed by atoms with Crippen LogP contribution in [0.15, 0.2) is 24.3 Å². The van der Waals surface area contributed by atoms with Crippen LogP contribution in [0.3, 0.4) is 0 Å². The maximum Gasteiger partial charge on any atom is 0.0406 e. The van der Waals surface area contributed by atoms with Crippen molar-refractivity contribution >= 4 is 11.6 Å². The first-order valence-corrected chi connectivity index (χ1v) is 7.84. The van der Waals surface area contributed by atoms with Crippen molar-refractivity contribution in [1.29, 1.82) is 0 Å². The molecule has 20 heavy (non-hydrogen) atoms. The monoisotopic (exact) mass is 295 g/mol. The Morgan fingerprint density at radius 2 is 2.10 bits per heavy atom. The molecule has 4 heteroatoms. The maximum absolute atomic E-state index is 6.25. The zero-order valence-corrected chi connectivity index (χ0v) is 13.3. The standard InChI is InChI=1S/C16H26ClN3/c1-19(12-15-4-3-10-20(15)2)11-9-16(18)13-5-7-14(17)8-6-13/h5-8,15-16H,3-4,9-12,18H2,1-2H3. The largest absolute Gasteiger partial charge is 0.324 e. The second-order valence-corrected chi connectivity index (χ2v) is 6.42. The highest BCUT2D eigenvalue weighted by molar-refractivity contribution is 6.30. The molecule has 2 atom stereocenters. The topological polar surface area (TPSA) is 32.5 Å². The van der Waals surface area contributed by atoms with Crippen molar-refractivity contribution in [3.05, 3.63) is 34.9 Å². The van der Waals surface area contributed by atoms with Crippen LogP contribution in [0.5, 0.6) is 0 Å². The average molecular weight is 296 g/mol. The molecule has 1 aromatic carbocycles. The van der Waals surface area contributed by atoms with Gasteiger partial charge in [0.2, 0.25) is 0 Å². The van der Waals surface area contributed by atoms with Gasteiger partial charge in [0.1, 0.15) is 0 Å². The zero-order chi connectivity index (χ0) is 14.5. The van der Waals surface area contributed by atoms with Crippen LogP contribution in [0.4, 0.5) is 0 Å². The van der Waals surface area contributed by atoms with Crippen LogP contribution in [0.1, 0.15) is 30.9 Å². The molecule has 2 unspecified atom stereocenters. The van der Waals surface area contributed by atoms with Crippen LogP contribution in [0.25, 0.3) is 0 Å². The summed E-state index contributed by atoms with van der Waals surface area (Å²) in [4.78, 5) is 4.87. The summed E-state index contributed by atoms with van der Waals surface area (Å²) in [5.41, 5.74) is 7.42. The van der Waals surface area contributed by atoms with Crippen molar-refractivity contribution in [2.45, 2.75) is 31.3 Å². The molecule has 0 saturated carbocycles. The van der Waals surface area contributed by atoms with E-state index in [4.69, 9.17) is 17.3 Å². The first-order valence-electron chi connectivity index (χ1n) is 7.46. The summed E-state index contributed by atoms with van der Waals surface area (Å²) in [5, 5.41) is 0.766. The molecule has 0 aromatic heterocycles. The molecule has 0 bridgehead atoms. The lowest BCUT2D eigenvalue weighted by atomic mass is 10.0. The van der Waals surface area contributed by atoms with Crippen LogP contribution in [0.2, 0.25) is 5.02 Å². The van der Waals surface area contributed by atoms with Gasteiger partial charge in [-0.05, 0) is 64.1 Å². The number of hydrogen-bond acceptors (Lipinski definition) is 3. The second kappa shape index (κ2) is 7.41. The van der Waals surface area contributed by atoms with E-state index in [1.165, 1.54) is 24.9 Å². The summed E-state index contributed by atoms with van der Waals surface area (Å²) in [6.45, 7) is 3.42. The SMILES string of the molecule is CN(CCC(N)c1ccc(Cl)cc1)CC1CCCN1C. The van der Waals surface area contributed by atoms with Crippen LogP contribution in [0, 0.1) is 0 Å². The predicted molar refractivity (Wildman–Crippen MR) is 86.1 cm³/mol. The van der Waals surface area contributed by atoms with Crippen LogP contribution < -0.4 is 5.73 Å². The Hall–Kier alpha value is -0.610. The van der Waals surface area contributed by atoms with Crippen LogP contribution in [-0.4, -0.2) is 49.6 Å². The fourth-order valence-electron chi connectivity index (χ4n) is 2.90. The minimum Gasteiger partial charge on any atom is -0.324 e. The highest BCUT2D eigenvalue weighted by atomic mass is 35.5. The predicted octanol–water partition coefficient (Wildman–Crippen LogP) is 2.76. The third-order valence-electron chi connectivity index (χ3n) is 4.31. The van der Waals surface area contributed by atoms with Gasteiger partial charge < -0.3 is 15.5 Å². The van der Waals surface area contributed by atoms with E-state index in [0.29, 0.717) is 6.04 Å². The molecule has 1 heterocycles. The third kappa shape index (κ3) is 4.45. The van der Waals surface area contributed by atoms with E-state index in [1.807, 2.05) is 24.3 Å². The van der Waals surface area contributed by atoms with E-state index in [1.54, 1.807) is 0 Å². The lowest BCUT2D eigenvalue weighted by Crippen LogP contribution is -2.37. The van der Waals surface area contributed by atoms with Gasteiger partial charge in [0, 0.05) is 23.7 Å². The molecule has 1 saturated heterocycles. The van der Waals surface area contributed by atoms with Gasteiger partial charge >= 0.3 is 0 Å². The Labute approximate surface area is 127 Å². The van der Waals surface area contributed by atoms with Crippen LogP contribution in [-0.2, 0) is 0 Å².